The number of fused-ring (bicyclic) bond motifs is 1. The number of nitro groups is 1. The van der Waals surface area contributed by atoms with Gasteiger partial charge in [-0.15, -0.1) is 0 Å². The van der Waals surface area contributed by atoms with Gasteiger partial charge in [0.15, 0.2) is 0 Å². The first-order valence-corrected chi connectivity index (χ1v) is 4.30. The fraction of sp³-hybridized carbons (Fsp3) is 0.111. The first kappa shape index (κ1) is 10.1. The number of nitrogens with zero attached hydrogens (tertiary/aromatic N) is 3. The fourth-order valence-corrected chi connectivity index (χ4v) is 1.27. The SMILES string of the molecule is COc1ccc2ncc([N+](=O)[O-])c(O)c2n1. The van der Waals surface area contributed by atoms with Crippen LogP contribution in [0.5, 0.6) is 11.6 Å². The number of hydrogen-bond donors (Lipinski definition) is 1. The number of ether oxygens (including phenoxy) is 1. The summed E-state index contributed by atoms with van der Waals surface area (Å²) in [6.45, 7) is 0. The average molecular weight is 221 g/mol. The van der Waals surface area contributed by atoms with Gasteiger partial charge >= 0.3 is 5.69 Å². The molecule has 0 saturated carbocycles. The van der Waals surface area contributed by atoms with Gasteiger partial charge in [0.2, 0.25) is 11.6 Å². The first-order valence-electron chi connectivity index (χ1n) is 4.30. The summed E-state index contributed by atoms with van der Waals surface area (Å²) in [5, 5.41) is 20.2. The highest BCUT2D eigenvalue weighted by molar-refractivity contribution is 5.84. The van der Waals surface area contributed by atoms with Crippen molar-refractivity contribution in [1.29, 1.82) is 0 Å². The normalized spacial score (nSPS) is 10.3. The van der Waals surface area contributed by atoms with Crippen molar-refractivity contribution in [2.24, 2.45) is 0 Å². The van der Waals surface area contributed by atoms with Crippen LogP contribution in [0.4, 0.5) is 5.69 Å². The predicted octanol–water partition coefficient (Wildman–Crippen LogP) is 1.25. The van der Waals surface area contributed by atoms with Crippen LogP contribution in [-0.2, 0) is 0 Å². The van der Waals surface area contributed by atoms with Crippen LogP contribution in [-0.4, -0.2) is 27.1 Å². The van der Waals surface area contributed by atoms with Gasteiger partial charge < -0.3 is 9.84 Å². The van der Waals surface area contributed by atoms with E-state index in [1.807, 2.05) is 0 Å². The van der Waals surface area contributed by atoms with E-state index in [-0.39, 0.29) is 11.4 Å². The summed E-state index contributed by atoms with van der Waals surface area (Å²) in [6, 6.07) is 3.12. The third-order valence-corrected chi connectivity index (χ3v) is 2.05. The van der Waals surface area contributed by atoms with E-state index in [2.05, 4.69) is 9.97 Å². The third-order valence-electron chi connectivity index (χ3n) is 2.05. The van der Waals surface area contributed by atoms with Crippen LogP contribution >= 0.6 is 0 Å². The van der Waals surface area contributed by atoms with Crippen LogP contribution in [0.15, 0.2) is 18.3 Å². The van der Waals surface area contributed by atoms with Crippen LogP contribution in [0.25, 0.3) is 11.0 Å². The lowest BCUT2D eigenvalue weighted by Gasteiger charge is -2.02. The van der Waals surface area contributed by atoms with E-state index < -0.39 is 16.4 Å². The lowest BCUT2D eigenvalue weighted by atomic mass is 10.3. The Morgan fingerprint density at radius 3 is 2.88 bits per heavy atom. The van der Waals surface area contributed by atoms with E-state index in [4.69, 9.17) is 4.74 Å². The molecule has 2 rings (SSSR count). The van der Waals surface area contributed by atoms with Crippen molar-refractivity contribution in [2.75, 3.05) is 7.11 Å². The molecule has 0 amide bonds. The first-order chi connectivity index (χ1) is 7.63. The van der Waals surface area contributed by atoms with E-state index in [1.165, 1.54) is 7.11 Å². The lowest BCUT2D eigenvalue weighted by molar-refractivity contribution is -0.386. The topological polar surface area (TPSA) is 98.4 Å². The molecule has 16 heavy (non-hydrogen) atoms. The van der Waals surface area contributed by atoms with Crippen molar-refractivity contribution in [3.63, 3.8) is 0 Å². The number of methoxy groups -OCH3 is 1. The second kappa shape index (κ2) is 3.61. The lowest BCUT2D eigenvalue weighted by Crippen LogP contribution is -1.94. The number of hydrogen-bond acceptors (Lipinski definition) is 6. The van der Waals surface area contributed by atoms with Gasteiger partial charge in [-0.2, -0.15) is 0 Å². The molecule has 7 heteroatoms. The van der Waals surface area contributed by atoms with Gasteiger partial charge in [0.1, 0.15) is 11.7 Å². The van der Waals surface area contributed by atoms with Gasteiger partial charge in [-0.3, -0.25) is 10.1 Å². The third kappa shape index (κ3) is 1.48. The van der Waals surface area contributed by atoms with Gasteiger partial charge in [0.25, 0.3) is 0 Å². The zero-order valence-electron chi connectivity index (χ0n) is 8.25. The van der Waals surface area contributed by atoms with Crippen LogP contribution in [0.1, 0.15) is 0 Å². The zero-order valence-corrected chi connectivity index (χ0v) is 8.25. The molecule has 0 spiro atoms. The number of aromatic nitrogens is 2. The maximum Gasteiger partial charge on any atom is 0.331 e. The monoisotopic (exact) mass is 221 g/mol. The molecule has 7 nitrogen and oxygen atoms in total. The molecule has 0 aliphatic rings. The Morgan fingerprint density at radius 1 is 1.50 bits per heavy atom. The second-order valence-corrected chi connectivity index (χ2v) is 2.97. The highest BCUT2D eigenvalue weighted by atomic mass is 16.6. The quantitative estimate of drug-likeness (QED) is 0.605. The van der Waals surface area contributed by atoms with Gasteiger partial charge in [-0.1, -0.05) is 0 Å². The second-order valence-electron chi connectivity index (χ2n) is 2.97. The van der Waals surface area contributed by atoms with Gasteiger partial charge in [-0.25, -0.2) is 9.97 Å². The summed E-state index contributed by atoms with van der Waals surface area (Å²) in [5.41, 5.74) is -0.0642. The van der Waals surface area contributed by atoms with Crippen molar-refractivity contribution in [3.05, 3.63) is 28.4 Å². The minimum Gasteiger partial charge on any atom is -0.500 e. The molecule has 0 unspecified atom stereocenters. The number of aromatic hydroxyl groups is 1. The average Bonchev–Trinajstić information content (AvgIpc) is 2.28. The molecule has 2 heterocycles. The van der Waals surface area contributed by atoms with Crippen molar-refractivity contribution in [3.8, 4) is 11.6 Å². The highest BCUT2D eigenvalue weighted by Crippen LogP contribution is 2.31. The summed E-state index contributed by atoms with van der Waals surface area (Å²) in [7, 11) is 1.41. The molecule has 0 aliphatic heterocycles. The summed E-state index contributed by atoms with van der Waals surface area (Å²) in [5.74, 6) is -0.251. The van der Waals surface area contributed by atoms with E-state index in [0.717, 1.165) is 6.20 Å². The minimum atomic E-state index is -0.719. The summed E-state index contributed by atoms with van der Waals surface area (Å²) in [4.78, 5) is 17.6. The van der Waals surface area contributed by atoms with Gasteiger partial charge in [0, 0.05) is 6.07 Å². The van der Waals surface area contributed by atoms with E-state index in [1.54, 1.807) is 12.1 Å². The van der Waals surface area contributed by atoms with Crippen molar-refractivity contribution < 1.29 is 14.8 Å². The molecule has 2 aromatic rings. The van der Waals surface area contributed by atoms with E-state index >= 15 is 0 Å². The smallest absolute Gasteiger partial charge is 0.331 e. The van der Waals surface area contributed by atoms with Crippen LogP contribution < -0.4 is 4.74 Å². The van der Waals surface area contributed by atoms with Crippen molar-refractivity contribution in [1.82, 2.24) is 9.97 Å². The Hall–Kier alpha value is -2.44. The molecular weight excluding hydrogens is 214 g/mol. The Balaban J connectivity index is 2.75. The summed E-state index contributed by atoms with van der Waals surface area (Å²) in [6.07, 6.45) is 0.992. The molecule has 0 bridgehead atoms. The van der Waals surface area contributed by atoms with Crippen LogP contribution in [0, 0.1) is 10.1 Å². The summed E-state index contributed by atoms with van der Waals surface area (Å²) < 4.78 is 4.86. The summed E-state index contributed by atoms with van der Waals surface area (Å²) >= 11 is 0. The molecule has 82 valence electrons. The molecule has 2 aromatic heterocycles. The zero-order chi connectivity index (χ0) is 11.7. The highest BCUT2D eigenvalue weighted by Gasteiger charge is 2.18. The standard InChI is InChI=1S/C9H7N3O4/c1-16-7-3-2-5-8(11-7)9(13)6(4-10-5)12(14)15/h2-4H,1H3,(H,10,13). The fourth-order valence-electron chi connectivity index (χ4n) is 1.27. The number of rotatable bonds is 2. The Bertz CT molecular complexity index is 570. The maximum atomic E-state index is 10.6. The Labute approximate surface area is 89.5 Å². The molecular formula is C9H7N3O4. The predicted molar refractivity (Wildman–Crippen MR) is 54.4 cm³/mol. The molecule has 0 fully saturated rings. The van der Waals surface area contributed by atoms with Crippen molar-refractivity contribution >= 4 is 16.7 Å². The molecule has 0 atom stereocenters. The molecule has 0 aliphatic carbocycles. The van der Waals surface area contributed by atoms with Crippen LogP contribution in [0.2, 0.25) is 0 Å². The van der Waals surface area contributed by atoms with E-state index in [9.17, 15) is 15.2 Å². The van der Waals surface area contributed by atoms with E-state index in [0.29, 0.717) is 5.52 Å². The van der Waals surface area contributed by atoms with Gasteiger partial charge in [0.05, 0.1) is 17.5 Å². The van der Waals surface area contributed by atoms with Crippen LogP contribution in [0.3, 0.4) is 0 Å². The van der Waals surface area contributed by atoms with Gasteiger partial charge in [-0.05, 0) is 6.07 Å². The van der Waals surface area contributed by atoms with Crippen molar-refractivity contribution in [2.45, 2.75) is 0 Å². The Morgan fingerprint density at radius 2 is 2.25 bits per heavy atom. The maximum absolute atomic E-state index is 10.6. The Kier molecular flexibility index (Phi) is 2.28. The molecule has 0 aromatic carbocycles. The number of pyridine rings is 2. The minimum absolute atomic E-state index is 0.0496. The molecule has 0 saturated heterocycles. The molecule has 1 N–H and O–H groups in total. The largest absolute Gasteiger partial charge is 0.500 e. The molecule has 0 radical (unpaired) electrons.